The molecule has 1 N–H and O–H groups in total. The molecule has 0 bridgehead atoms. The highest BCUT2D eigenvalue weighted by Gasteiger charge is 2.15. The average molecular weight is 468 g/mol. The summed E-state index contributed by atoms with van der Waals surface area (Å²) in [4.78, 5) is 30.3. The van der Waals surface area contributed by atoms with Crippen molar-refractivity contribution in [2.24, 2.45) is 0 Å². The second-order valence-electron chi connectivity index (χ2n) is 7.92. The maximum Gasteiger partial charge on any atom is 0.267 e. The van der Waals surface area contributed by atoms with E-state index in [9.17, 15) is 9.59 Å². The smallest absolute Gasteiger partial charge is 0.267 e. The van der Waals surface area contributed by atoms with Crippen molar-refractivity contribution in [2.45, 2.75) is 38.6 Å². The summed E-state index contributed by atoms with van der Waals surface area (Å²) >= 11 is 7.47. The van der Waals surface area contributed by atoms with Crippen LogP contribution < -0.4 is 10.9 Å². The zero-order valence-corrected chi connectivity index (χ0v) is 19.0. The third-order valence-electron chi connectivity index (χ3n) is 5.68. The lowest BCUT2D eigenvalue weighted by molar-refractivity contribution is -0.120. The van der Waals surface area contributed by atoms with Gasteiger partial charge in [-0.05, 0) is 43.4 Å². The topological polar surface area (TPSA) is 81.3 Å². The molecule has 7 nitrogen and oxygen atoms in total. The number of thiazole rings is 1. The van der Waals surface area contributed by atoms with Crippen LogP contribution in [-0.2, 0) is 30.6 Å². The Balaban J connectivity index is 1.22. The molecule has 5 rings (SSSR count). The minimum Gasteiger partial charge on any atom is -0.354 e. The van der Waals surface area contributed by atoms with Crippen LogP contribution in [0.3, 0.4) is 0 Å². The molecule has 0 radical (unpaired) electrons. The molecule has 1 aromatic carbocycles. The standard InChI is InChI=1S/C23H22ClN5O2S/c24-17-7-5-15(6-8-17)20-13-28-18(14-32-23(28)26-20)12-21(30)25-9-10-29-22(31)11-16-3-1-2-4-19(16)27-29/h5-8,11,13-14H,1-4,9-10,12H2,(H,25,30). The summed E-state index contributed by atoms with van der Waals surface area (Å²) in [5.74, 6) is -0.0996. The molecule has 9 heteroatoms. The van der Waals surface area contributed by atoms with Crippen LogP contribution in [-0.4, -0.2) is 31.6 Å². The molecular weight excluding hydrogens is 446 g/mol. The zero-order valence-electron chi connectivity index (χ0n) is 17.4. The second kappa shape index (κ2) is 8.88. The van der Waals surface area contributed by atoms with Crippen LogP contribution in [0.15, 0.2) is 46.7 Å². The van der Waals surface area contributed by atoms with Crippen LogP contribution in [0, 0.1) is 0 Å². The van der Waals surface area contributed by atoms with Gasteiger partial charge in [-0.25, -0.2) is 9.67 Å². The van der Waals surface area contributed by atoms with Gasteiger partial charge in [-0.2, -0.15) is 5.10 Å². The van der Waals surface area contributed by atoms with Crippen molar-refractivity contribution in [3.63, 3.8) is 0 Å². The maximum absolute atomic E-state index is 12.5. The number of rotatable bonds is 6. The lowest BCUT2D eigenvalue weighted by Crippen LogP contribution is -2.34. The number of aromatic nitrogens is 4. The Morgan fingerprint density at radius 2 is 2.00 bits per heavy atom. The molecule has 0 aliphatic heterocycles. The number of amides is 1. The molecule has 1 amide bonds. The molecular formula is C23H22ClN5O2S. The Morgan fingerprint density at radius 3 is 2.84 bits per heavy atom. The second-order valence-corrected chi connectivity index (χ2v) is 9.20. The van der Waals surface area contributed by atoms with Gasteiger partial charge < -0.3 is 5.32 Å². The highest BCUT2D eigenvalue weighted by Crippen LogP contribution is 2.25. The van der Waals surface area contributed by atoms with Gasteiger partial charge in [-0.3, -0.25) is 14.0 Å². The fourth-order valence-corrected chi connectivity index (χ4v) is 5.00. The first kappa shape index (κ1) is 20.9. The van der Waals surface area contributed by atoms with Crippen LogP contribution in [0.2, 0.25) is 5.02 Å². The van der Waals surface area contributed by atoms with Gasteiger partial charge in [0.25, 0.3) is 5.56 Å². The summed E-state index contributed by atoms with van der Waals surface area (Å²) in [6.45, 7) is 0.723. The van der Waals surface area contributed by atoms with E-state index >= 15 is 0 Å². The summed E-state index contributed by atoms with van der Waals surface area (Å²) in [5, 5.41) is 10.0. The Kier molecular flexibility index (Phi) is 5.80. The van der Waals surface area contributed by atoms with Gasteiger partial charge in [-0.1, -0.05) is 23.7 Å². The van der Waals surface area contributed by atoms with E-state index in [-0.39, 0.29) is 17.9 Å². The van der Waals surface area contributed by atoms with Crippen LogP contribution >= 0.6 is 22.9 Å². The normalized spacial score (nSPS) is 13.3. The minimum atomic E-state index is -0.104. The number of nitrogens with one attached hydrogen (secondary N) is 1. The Hall–Kier alpha value is -2.97. The molecule has 1 aliphatic rings. The number of fused-ring (bicyclic) bond motifs is 2. The first-order valence-corrected chi connectivity index (χ1v) is 11.9. The highest BCUT2D eigenvalue weighted by atomic mass is 35.5. The van der Waals surface area contributed by atoms with Crippen molar-refractivity contribution < 1.29 is 4.79 Å². The van der Waals surface area contributed by atoms with Crippen molar-refractivity contribution in [1.82, 2.24) is 24.5 Å². The number of benzene rings is 1. The lowest BCUT2D eigenvalue weighted by Gasteiger charge is -2.16. The first-order chi connectivity index (χ1) is 15.6. The van der Waals surface area contributed by atoms with Crippen LogP contribution in [0.5, 0.6) is 0 Å². The molecule has 0 unspecified atom stereocenters. The molecule has 0 saturated carbocycles. The van der Waals surface area contributed by atoms with Crippen LogP contribution in [0.25, 0.3) is 16.2 Å². The molecule has 0 atom stereocenters. The predicted molar refractivity (Wildman–Crippen MR) is 125 cm³/mol. The number of hydrogen-bond acceptors (Lipinski definition) is 5. The summed E-state index contributed by atoms with van der Waals surface area (Å²) in [5.41, 5.74) is 4.67. The van der Waals surface area contributed by atoms with E-state index in [1.807, 2.05) is 40.2 Å². The number of hydrogen-bond donors (Lipinski definition) is 1. The number of nitrogens with zero attached hydrogens (tertiary/aromatic N) is 4. The quantitative estimate of drug-likeness (QED) is 0.470. The van der Waals surface area contributed by atoms with Gasteiger partial charge in [0.1, 0.15) is 0 Å². The van der Waals surface area contributed by atoms with E-state index in [0.29, 0.717) is 18.1 Å². The number of aryl methyl sites for hydroxylation is 2. The van der Waals surface area contributed by atoms with E-state index < -0.39 is 0 Å². The molecule has 32 heavy (non-hydrogen) atoms. The Bertz CT molecular complexity index is 1340. The number of carbonyl (C=O) groups excluding carboxylic acids is 1. The predicted octanol–water partition coefficient (Wildman–Crippen LogP) is 3.51. The molecule has 1 aliphatic carbocycles. The average Bonchev–Trinajstić information content (AvgIpc) is 3.36. The Labute approximate surface area is 193 Å². The third-order valence-corrected chi connectivity index (χ3v) is 6.83. The van der Waals surface area contributed by atoms with Gasteiger partial charge >= 0.3 is 0 Å². The number of halogens is 1. The zero-order chi connectivity index (χ0) is 22.1. The van der Waals surface area contributed by atoms with Gasteiger partial charge in [-0.15, -0.1) is 11.3 Å². The molecule has 164 valence electrons. The third kappa shape index (κ3) is 4.33. The summed E-state index contributed by atoms with van der Waals surface area (Å²) in [6, 6.07) is 9.22. The summed E-state index contributed by atoms with van der Waals surface area (Å²) in [6.07, 6.45) is 6.24. The molecule has 0 saturated heterocycles. The van der Waals surface area contributed by atoms with Crippen molar-refractivity contribution in [3.05, 3.63) is 74.2 Å². The van der Waals surface area contributed by atoms with E-state index in [4.69, 9.17) is 11.6 Å². The lowest BCUT2D eigenvalue weighted by atomic mass is 9.97. The van der Waals surface area contributed by atoms with E-state index in [2.05, 4.69) is 15.4 Å². The van der Waals surface area contributed by atoms with Gasteiger partial charge in [0, 0.05) is 40.5 Å². The van der Waals surface area contributed by atoms with Gasteiger partial charge in [0.05, 0.1) is 24.4 Å². The highest BCUT2D eigenvalue weighted by molar-refractivity contribution is 7.15. The van der Waals surface area contributed by atoms with E-state index in [1.165, 1.54) is 16.0 Å². The monoisotopic (exact) mass is 467 g/mol. The largest absolute Gasteiger partial charge is 0.354 e. The summed E-state index contributed by atoms with van der Waals surface area (Å²) in [7, 11) is 0. The fourth-order valence-electron chi connectivity index (χ4n) is 4.01. The SMILES string of the molecule is O=C(Cc1csc2nc(-c3ccc(Cl)cc3)cn12)NCCn1nc2c(cc1=O)CCCC2. The van der Waals surface area contributed by atoms with E-state index in [1.54, 1.807) is 6.07 Å². The molecule has 3 heterocycles. The van der Waals surface area contributed by atoms with Crippen molar-refractivity contribution in [2.75, 3.05) is 6.54 Å². The Morgan fingerprint density at radius 1 is 1.19 bits per heavy atom. The number of carbonyl (C=O) groups is 1. The fraction of sp³-hybridized carbons (Fsp3) is 0.304. The minimum absolute atomic E-state index is 0.0996. The summed E-state index contributed by atoms with van der Waals surface area (Å²) < 4.78 is 3.41. The van der Waals surface area contributed by atoms with Crippen molar-refractivity contribution >= 4 is 33.8 Å². The van der Waals surface area contributed by atoms with Gasteiger partial charge in [0.2, 0.25) is 5.91 Å². The van der Waals surface area contributed by atoms with Gasteiger partial charge in [0.15, 0.2) is 4.96 Å². The first-order valence-electron chi connectivity index (χ1n) is 10.6. The van der Waals surface area contributed by atoms with Crippen LogP contribution in [0.1, 0.15) is 29.8 Å². The van der Waals surface area contributed by atoms with E-state index in [0.717, 1.165) is 58.9 Å². The molecule has 4 aromatic rings. The molecule has 0 fully saturated rings. The molecule has 3 aromatic heterocycles. The van der Waals surface area contributed by atoms with Crippen molar-refractivity contribution in [3.8, 4) is 11.3 Å². The molecule has 0 spiro atoms. The number of imidazole rings is 1. The maximum atomic E-state index is 12.5. The van der Waals surface area contributed by atoms with Crippen LogP contribution in [0.4, 0.5) is 0 Å². The van der Waals surface area contributed by atoms with Crippen molar-refractivity contribution in [1.29, 1.82) is 0 Å².